The molecule has 0 aliphatic rings. The summed E-state index contributed by atoms with van der Waals surface area (Å²) >= 11 is 0. The second-order valence-electron chi connectivity index (χ2n) is 2.14. The molecule has 12 heavy (non-hydrogen) atoms. The van der Waals surface area contributed by atoms with Gasteiger partial charge in [-0.1, -0.05) is 5.92 Å². The Morgan fingerprint density at radius 2 is 2.08 bits per heavy atom. The SMILES string of the molecule is C#CCOc1ccc(O)c(O)c1. The van der Waals surface area contributed by atoms with Crippen LogP contribution in [0.3, 0.4) is 0 Å². The fraction of sp³-hybridized carbons (Fsp3) is 0.111. The van der Waals surface area contributed by atoms with Crippen molar-refractivity contribution in [1.82, 2.24) is 0 Å². The third kappa shape index (κ3) is 1.83. The minimum absolute atomic E-state index is 0.143. The van der Waals surface area contributed by atoms with E-state index in [1.54, 1.807) is 0 Å². The van der Waals surface area contributed by atoms with Gasteiger partial charge in [-0.3, -0.25) is 0 Å². The summed E-state index contributed by atoms with van der Waals surface area (Å²) in [6.45, 7) is 0.143. The van der Waals surface area contributed by atoms with Gasteiger partial charge in [0.15, 0.2) is 11.5 Å². The molecule has 3 nitrogen and oxygen atoms in total. The van der Waals surface area contributed by atoms with Crippen molar-refractivity contribution in [3.05, 3.63) is 18.2 Å². The Morgan fingerprint density at radius 1 is 1.33 bits per heavy atom. The van der Waals surface area contributed by atoms with Crippen LogP contribution in [0.4, 0.5) is 0 Å². The Bertz CT molecular complexity index is 312. The number of rotatable bonds is 2. The van der Waals surface area contributed by atoms with Crippen molar-refractivity contribution in [2.45, 2.75) is 0 Å². The van der Waals surface area contributed by atoms with Gasteiger partial charge in [0, 0.05) is 6.07 Å². The van der Waals surface area contributed by atoms with Crippen LogP contribution < -0.4 is 4.74 Å². The number of ether oxygens (including phenoxy) is 1. The van der Waals surface area contributed by atoms with Gasteiger partial charge < -0.3 is 14.9 Å². The van der Waals surface area contributed by atoms with E-state index in [2.05, 4.69) is 5.92 Å². The Labute approximate surface area is 70.2 Å². The average Bonchev–Trinajstić information content (AvgIpc) is 2.07. The lowest BCUT2D eigenvalue weighted by Crippen LogP contribution is -1.92. The van der Waals surface area contributed by atoms with Crippen LogP contribution in [0.2, 0.25) is 0 Å². The number of hydrogen-bond donors (Lipinski definition) is 2. The molecule has 0 radical (unpaired) electrons. The zero-order valence-electron chi connectivity index (χ0n) is 6.32. The molecule has 1 rings (SSSR count). The summed E-state index contributed by atoms with van der Waals surface area (Å²) in [5, 5.41) is 17.9. The summed E-state index contributed by atoms with van der Waals surface area (Å²) in [5.41, 5.74) is 0. The maximum Gasteiger partial charge on any atom is 0.161 e. The van der Waals surface area contributed by atoms with E-state index in [1.165, 1.54) is 18.2 Å². The molecular weight excluding hydrogens is 156 g/mol. The third-order valence-electron chi connectivity index (χ3n) is 1.27. The van der Waals surface area contributed by atoms with Gasteiger partial charge in [-0.15, -0.1) is 6.42 Å². The van der Waals surface area contributed by atoms with Crippen molar-refractivity contribution in [2.75, 3.05) is 6.61 Å². The summed E-state index contributed by atoms with van der Waals surface area (Å²) in [6.07, 6.45) is 4.96. The van der Waals surface area contributed by atoms with Crippen molar-refractivity contribution in [3.63, 3.8) is 0 Å². The highest BCUT2D eigenvalue weighted by molar-refractivity contribution is 5.43. The lowest BCUT2D eigenvalue weighted by Gasteiger charge is -2.02. The van der Waals surface area contributed by atoms with Crippen LogP contribution in [0, 0.1) is 12.3 Å². The highest BCUT2D eigenvalue weighted by Gasteiger charge is 1.99. The Kier molecular flexibility index (Phi) is 2.44. The molecule has 1 aromatic carbocycles. The molecule has 0 amide bonds. The molecule has 0 atom stereocenters. The predicted octanol–water partition coefficient (Wildman–Crippen LogP) is 1.11. The van der Waals surface area contributed by atoms with Gasteiger partial charge in [0.1, 0.15) is 12.4 Å². The molecular formula is C9H8O3. The van der Waals surface area contributed by atoms with E-state index < -0.39 is 0 Å². The zero-order chi connectivity index (χ0) is 8.97. The summed E-state index contributed by atoms with van der Waals surface area (Å²) < 4.78 is 4.98. The monoisotopic (exact) mass is 164 g/mol. The lowest BCUT2D eigenvalue weighted by molar-refractivity contribution is 0.360. The zero-order valence-corrected chi connectivity index (χ0v) is 6.32. The molecule has 0 aliphatic heterocycles. The van der Waals surface area contributed by atoms with E-state index >= 15 is 0 Å². The average molecular weight is 164 g/mol. The standard InChI is InChI=1S/C9H8O3/c1-2-5-12-7-3-4-8(10)9(11)6-7/h1,3-4,6,10-11H,5H2. The third-order valence-corrected chi connectivity index (χ3v) is 1.27. The molecule has 0 aromatic heterocycles. The van der Waals surface area contributed by atoms with Gasteiger partial charge in [-0.25, -0.2) is 0 Å². The molecule has 0 unspecified atom stereocenters. The van der Waals surface area contributed by atoms with Crippen molar-refractivity contribution in [2.24, 2.45) is 0 Å². The van der Waals surface area contributed by atoms with E-state index in [4.69, 9.17) is 21.4 Å². The first-order valence-electron chi connectivity index (χ1n) is 3.32. The Morgan fingerprint density at radius 3 is 2.67 bits per heavy atom. The van der Waals surface area contributed by atoms with Crippen LogP contribution in [-0.2, 0) is 0 Å². The molecule has 3 heteroatoms. The second-order valence-corrected chi connectivity index (χ2v) is 2.14. The predicted molar refractivity (Wildman–Crippen MR) is 44.1 cm³/mol. The van der Waals surface area contributed by atoms with E-state index in [0.29, 0.717) is 5.75 Å². The van der Waals surface area contributed by atoms with Crippen molar-refractivity contribution in [3.8, 4) is 29.6 Å². The molecule has 1 aromatic rings. The fourth-order valence-corrected chi connectivity index (χ4v) is 0.718. The van der Waals surface area contributed by atoms with Crippen LogP contribution in [0.1, 0.15) is 0 Å². The van der Waals surface area contributed by atoms with Crippen molar-refractivity contribution >= 4 is 0 Å². The molecule has 0 aliphatic carbocycles. The lowest BCUT2D eigenvalue weighted by atomic mass is 10.3. The smallest absolute Gasteiger partial charge is 0.161 e. The normalized spacial score (nSPS) is 8.92. The maximum absolute atomic E-state index is 9.02. The molecule has 2 N–H and O–H groups in total. The number of terminal acetylenes is 1. The fourth-order valence-electron chi connectivity index (χ4n) is 0.718. The first kappa shape index (κ1) is 8.28. The summed E-state index contributed by atoms with van der Waals surface area (Å²) in [4.78, 5) is 0. The molecule has 0 saturated carbocycles. The quantitative estimate of drug-likeness (QED) is 0.508. The van der Waals surface area contributed by atoms with Gasteiger partial charge in [0.05, 0.1) is 0 Å². The molecule has 0 fully saturated rings. The van der Waals surface area contributed by atoms with Crippen LogP contribution in [0.25, 0.3) is 0 Å². The topological polar surface area (TPSA) is 49.7 Å². The summed E-state index contributed by atoms with van der Waals surface area (Å²) in [5.74, 6) is 2.32. The van der Waals surface area contributed by atoms with Crippen LogP contribution >= 0.6 is 0 Å². The van der Waals surface area contributed by atoms with Gasteiger partial charge in [-0.05, 0) is 12.1 Å². The summed E-state index contributed by atoms with van der Waals surface area (Å²) in [6, 6.07) is 4.15. The molecule has 0 saturated heterocycles. The Balaban J connectivity index is 2.77. The summed E-state index contributed by atoms with van der Waals surface area (Å²) in [7, 11) is 0. The first-order valence-corrected chi connectivity index (χ1v) is 3.32. The van der Waals surface area contributed by atoms with Gasteiger partial charge in [0.2, 0.25) is 0 Å². The highest BCUT2D eigenvalue weighted by atomic mass is 16.5. The minimum atomic E-state index is -0.218. The molecule has 62 valence electrons. The van der Waals surface area contributed by atoms with E-state index in [1.807, 2.05) is 0 Å². The van der Waals surface area contributed by atoms with E-state index in [9.17, 15) is 0 Å². The van der Waals surface area contributed by atoms with Crippen LogP contribution in [0.5, 0.6) is 17.2 Å². The number of benzene rings is 1. The van der Waals surface area contributed by atoms with Gasteiger partial charge in [0.25, 0.3) is 0 Å². The molecule has 0 heterocycles. The minimum Gasteiger partial charge on any atom is -0.504 e. The highest BCUT2D eigenvalue weighted by Crippen LogP contribution is 2.28. The van der Waals surface area contributed by atoms with Gasteiger partial charge >= 0.3 is 0 Å². The number of hydrogen-bond acceptors (Lipinski definition) is 3. The number of phenols is 2. The molecule has 0 bridgehead atoms. The largest absolute Gasteiger partial charge is 0.504 e. The van der Waals surface area contributed by atoms with E-state index in [0.717, 1.165) is 0 Å². The van der Waals surface area contributed by atoms with Crippen LogP contribution in [0.15, 0.2) is 18.2 Å². The van der Waals surface area contributed by atoms with Crippen molar-refractivity contribution in [1.29, 1.82) is 0 Å². The van der Waals surface area contributed by atoms with Crippen LogP contribution in [-0.4, -0.2) is 16.8 Å². The number of phenolic OH excluding ortho intramolecular Hbond substituents is 2. The number of aromatic hydroxyl groups is 2. The Hall–Kier alpha value is -1.82. The van der Waals surface area contributed by atoms with Crippen molar-refractivity contribution < 1.29 is 14.9 Å². The van der Waals surface area contributed by atoms with Gasteiger partial charge in [-0.2, -0.15) is 0 Å². The first-order chi connectivity index (χ1) is 5.74. The van der Waals surface area contributed by atoms with E-state index in [-0.39, 0.29) is 18.1 Å². The molecule has 0 spiro atoms. The second kappa shape index (κ2) is 3.54. The maximum atomic E-state index is 9.02.